The summed E-state index contributed by atoms with van der Waals surface area (Å²) in [5.41, 5.74) is 6.35. The number of methoxy groups -OCH3 is 2. The molecule has 0 unspecified atom stereocenters. The van der Waals surface area contributed by atoms with Crippen LogP contribution in [-0.2, 0) is 24.2 Å². The van der Waals surface area contributed by atoms with Crippen LogP contribution in [-0.4, -0.2) is 55.6 Å². The molecule has 4 rings (SSSR count). The highest BCUT2D eigenvalue weighted by Gasteiger charge is 2.27. The molecule has 3 aromatic rings. The first-order valence-corrected chi connectivity index (χ1v) is 14.5. The Morgan fingerprint density at radius 3 is 2.07 bits per heavy atom. The molecule has 0 saturated carbocycles. The number of nitrogens with one attached hydrogen (secondary N) is 1. The third-order valence-corrected chi connectivity index (χ3v) is 7.80. The number of carbonyl (C=O) groups excluding carboxylic acids is 2. The van der Waals surface area contributed by atoms with Gasteiger partial charge in [0.1, 0.15) is 6.54 Å². The van der Waals surface area contributed by atoms with Gasteiger partial charge < -0.3 is 24.6 Å². The van der Waals surface area contributed by atoms with Crippen LogP contribution in [0.25, 0.3) is 0 Å². The topological polar surface area (TPSA) is 71.1 Å². The number of para-hydroxylation sites is 1. The maximum absolute atomic E-state index is 13.9. The van der Waals surface area contributed by atoms with E-state index in [9.17, 15) is 9.59 Å². The number of ether oxygens (including phenoxy) is 2. The van der Waals surface area contributed by atoms with Crippen molar-refractivity contribution < 1.29 is 19.1 Å². The number of urea groups is 1. The van der Waals surface area contributed by atoms with E-state index in [1.807, 2.05) is 47.4 Å². The molecular weight excluding hydrogens is 514 g/mol. The second-order valence-electron chi connectivity index (χ2n) is 11.2. The number of rotatable bonds is 10. The minimum absolute atomic E-state index is 0.00213. The molecule has 0 radical (unpaired) electrons. The summed E-state index contributed by atoms with van der Waals surface area (Å²) >= 11 is 0. The van der Waals surface area contributed by atoms with Crippen LogP contribution < -0.4 is 14.8 Å². The molecule has 0 saturated heterocycles. The van der Waals surface area contributed by atoms with E-state index in [4.69, 9.17) is 9.47 Å². The molecule has 1 heterocycles. The summed E-state index contributed by atoms with van der Waals surface area (Å²) in [6.07, 6.45) is 1.38. The van der Waals surface area contributed by atoms with Crippen LogP contribution in [0.2, 0.25) is 0 Å². The van der Waals surface area contributed by atoms with Gasteiger partial charge in [0.25, 0.3) is 0 Å². The summed E-state index contributed by atoms with van der Waals surface area (Å²) in [6.45, 7) is 10.0. The molecule has 3 amide bonds. The van der Waals surface area contributed by atoms with Crippen LogP contribution in [0.4, 0.5) is 10.5 Å². The van der Waals surface area contributed by atoms with E-state index in [1.165, 1.54) is 0 Å². The van der Waals surface area contributed by atoms with Gasteiger partial charge in [-0.15, -0.1) is 0 Å². The Balaban J connectivity index is 1.56. The molecule has 1 aliphatic heterocycles. The predicted octanol–water partition coefficient (Wildman–Crippen LogP) is 6.61. The lowest BCUT2D eigenvalue weighted by atomic mass is 9.93. The summed E-state index contributed by atoms with van der Waals surface area (Å²) in [6, 6.07) is 19.9. The summed E-state index contributed by atoms with van der Waals surface area (Å²) in [5.74, 6) is 1.75. The minimum atomic E-state index is -0.256. The predicted molar refractivity (Wildman–Crippen MR) is 164 cm³/mol. The molecule has 41 heavy (non-hydrogen) atoms. The molecule has 0 aromatic heterocycles. The second kappa shape index (κ2) is 13.6. The van der Waals surface area contributed by atoms with Gasteiger partial charge in [-0.25, -0.2) is 4.79 Å². The highest BCUT2D eigenvalue weighted by atomic mass is 16.5. The van der Waals surface area contributed by atoms with E-state index in [0.29, 0.717) is 37.6 Å². The molecule has 218 valence electrons. The minimum Gasteiger partial charge on any atom is -0.493 e. The maximum atomic E-state index is 13.9. The van der Waals surface area contributed by atoms with Crippen LogP contribution in [0.3, 0.4) is 0 Å². The Bertz CT molecular complexity index is 1330. The molecule has 7 heteroatoms. The lowest BCUT2D eigenvalue weighted by Crippen LogP contribution is -2.46. The van der Waals surface area contributed by atoms with E-state index in [0.717, 1.165) is 39.9 Å². The first kappa shape index (κ1) is 30.0. The van der Waals surface area contributed by atoms with Crippen molar-refractivity contribution in [3.8, 4) is 11.5 Å². The van der Waals surface area contributed by atoms with Crippen LogP contribution in [0.15, 0.2) is 60.7 Å². The molecule has 7 nitrogen and oxygen atoms in total. The summed E-state index contributed by atoms with van der Waals surface area (Å²) in [7, 11) is 3.24. The largest absolute Gasteiger partial charge is 0.493 e. The molecule has 1 N–H and O–H groups in total. The number of hydrogen-bond donors (Lipinski definition) is 1. The fourth-order valence-electron chi connectivity index (χ4n) is 5.40. The average Bonchev–Trinajstić information content (AvgIpc) is 2.98. The third kappa shape index (κ3) is 7.20. The van der Waals surface area contributed by atoms with Crippen molar-refractivity contribution in [3.05, 3.63) is 88.5 Å². The zero-order chi connectivity index (χ0) is 29.5. The summed E-state index contributed by atoms with van der Waals surface area (Å²) in [5, 5.41) is 3.22. The van der Waals surface area contributed by atoms with Gasteiger partial charge in [-0.2, -0.15) is 0 Å². The number of anilines is 1. The highest BCUT2D eigenvalue weighted by molar-refractivity contribution is 5.94. The van der Waals surface area contributed by atoms with Crippen LogP contribution >= 0.6 is 0 Å². The van der Waals surface area contributed by atoms with Crippen LogP contribution in [0.1, 0.15) is 67.3 Å². The van der Waals surface area contributed by atoms with Crippen molar-refractivity contribution in [3.63, 3.8) is 0 Å². The van der Waals surface area contributed by atoms with Crippen molar-refractivity contribution in [2.75, 3.05) is 39.2 Å². The molecule has 0 atom stereocenters. The zero-order valence-electron chi connectivity index (χ0n) is 25.2. The Morgan fingerprint density at radius 1 is 0.878 bits per heavy atom. The smallest absolute Gasteiger partial charge is 0.322 e. The fraction of sp³-hybridized carbons (Fsp3) is 0.412. The van der Waals surface area contributed by atoms with E-state index in [-0.39, 0.29) is 30.3 Å². The first-order chi connectivity index (χ1) is 19.7. The van der Waals surface area contributed by atoms with Crippen LogP contribution in [0, 0.1) is 0 Å². The normalized spacial score (nSPS) is 12.7. The number of amides is 3. The molecule has 0 aliphatic carbocycles. The second-order valence-corrected chi connectivity index (χ2v) is 11.2. The van der Waals surface area contributed by atoms with Crippen LogP contribution in [0.5, 0.6) is 11.5 Å². The van der Waals surface area contributed by atoms with Gasteiger partial charge in [0, 0.05) is 25.3 Å². The van der Waals surface area contributed by atoms with Crippen molar-refractivity contribution in [2.45, 2.75) is 58.9 Å². The molecule has 0 bridgehead atoms. The summed E-state index contributed by atoms with van der Waals surface area (Å²) < 4.78 is 10.9. The molecule has 0 spiro atoms. The highest BCUT2D eigenvalue weighted by Crippen LogP contribution is 2.34. The van der Waals surface area contributed by atoms with Gasteiger partial charge in [0.2, 0.25) is 5.91 Å². The van der Waals surface area contributed by atoms with Gasteiger partial charge in [-0.3, -0.25) is 4.79 Å². The van der Waals surface area contributed by atoms with Gasteiger partial charge in [-0.1, -0.05) is 76.2 Å². The SMILES string of the molecule is COc1cc2c(cc1OC)CN(C(=O)CN(CCc1ccccc1)C(=O)Nc1c(C(C)C)cccc1C(C)C)CC2. The van der Waals surface area contributed by atoms with Crippen molar-refractivity contribution in [1.82, 2.24) is 9.80 Å². The third-order valence-electron chi connectivity index (χ3n) is 7.80. The van der Waals surface area contributed by atoms with Gasteiger partial charge in [0.05, 0.1) is 14.2 Å². The van der Waals surface area contributed by atoms with Crippen molar-refractivity contribution in [2.24, 2.45) is 0 Å². The molecule has 3 aromatic carbocycles. The van der Waals surface area contributed by atoms with Gasteiger partial charge >= 0.3 is 6.03 Å². The molecular formula is C34H43N3O4. The lowest BCUT2D eigenvalue weighted by Gasteiger charge is -2.32. The lowest BCUT2D eigenvalue weighted by molar-refractivity contribution is -0.132. The maximum Gasteiger partial charge on any atom is 0.322 e. The standard InChI is InChI=1S/C34H43N3O4/c1-23(2)28-13-10-14-29(24(3)4)33(28)35-34(39)37(17-15-25-11-8-7-9-12-25)22-32(38)36-18-16-26-19-30(40-5)31(41-6)20-27(26)21-36/h7-14,19-20,23-24H,15-18,21-22H2,1-6H3,(H,35,39). The Morgan fingerprint density at radius 2 is 1.49 bits per heavy atom. The molecule has 1 aliphatic rings. The van der Waals surface area contributed by atoms with Gasteiger partial charge in [-0.05, 0) is 64.6 Å². The Kier molecular flexibility index (Phi) is 9.92. The monoisotopic (exact) mass is 557 g/mol. The number of fused-ring (bicyclic) bond motifs is 1. The Labute approximate surface area is 244 Å². The number of nitrogens with zero attached hydrogens (tertiary/aromatic N) is 2. The van der Waals surface area contributed by atoms with Gasteiger partial charge in [0.15, 0.2) is 11.5 Å². The molecule has 0 fully saturated rings. The van der Waals surface area contributed by atoms with E-state index in [1.54, 1.807) is 19.1 Å². The van der Waals surface area contributed by atoms with Crippen molar-refractivity contribution in [1.29, 1.82) is 0 Å². The number of benzene rings is 3. The van der Waals surface area contributed by atoms with Crippen molar-refractivity contribution >= 4 is 17.6 Å². The van der Waals surface area contributed by atoms with E-state index < -0.39 is 0 Å². The Hall–Kier alpha value is -4.00. The first-order valence-electron chi connectivity index (χ1n) is 14.5. The summed E-state index contributed by atoms with van der Waals surface area (Å²) in [4.78, 5) is 31.0. The van der Waals surface area contributed by atoms with E-state index in [2.05, 4.69) is 51.2 Å². The average molecular weight is 558 g/mol. The van der Waals surface area contributed by atoms with E-state index >= 15 is 0 Å². The zero-order valence-corrected chi connectivity index (χ0v) is 25.2. The number of carbonyl (C=O) groups is 2. The number of hydrogen-bond acceptors (Lipinski definition) is 4. The quantitative estimate of drug-likeness (QED) is 0.304. The fourth-order valence-corrected chi connectivity index (χ4v) is 5.40.